The molecule has 1 atom stereocenters. The number of alkyl halides is 3. The van der Waals surface area contributed by atoms with Crippen LogP contribution in [0.1, 0.15) is 25.0 Å². The Morgan fingerprint density at radius 2 is 1.67 bits per heavy atom. The van der Waals surface area contributed by atoms with Crippen LogP contribution < -0.4 is 4.74 Å². The molecule has 2 nitrogen and oxygen atoms in total. The van der Waals surface area contributed by atoms with Crippen LogP contribution in [0.15, 0.2) is 42.5 Å². The Hall–Kier alpha value is -1.72. The van der Waals surface area contributed by atoms with Crippen LogP contribution in [0.4, 0.5) is 13.2 Å². The van der Waals surface area contributed by atoms with Gasteiger partial charge < -0.3 is 9.47 Å². The molecule has 0 spiro atoms. The van der Waals surface area contributed by atoms with Crippen molar-refractivity contribution in [2.24, 2.45) is 5.92 Å². The fraction of sp³-hybridized carbons (Fsp3) is 0.333. The largest absolute Gasteiger partial charge is 0.457 e. The summed E-state index contributed by atoms with van der Waals surface area (Å²) in [4.78, 5) is 0. The van der Waals surface area contributed by atoms with E-state index in [0.29, 0.717) is 17.4 Å². The van der Waals surface area contributed by atoms with Crippen molar-refractivity contribution >= 4 is 11.6 Å². The topological polar surface area (TPSA) is 21.8 Å². The van der Waals surface area contributed by atoms with Gasteiger partial charge in [-0.05, 0) is 47.9 Å². The van der Waals surface area contributed by atoms with Crippen LogP contribution in [0.25, 0.3) is 0 Å². The van der Waals surface area contributed by atoms with Crippen molar-refractivity contribution in [1.29, 1.82) is 0 Å². The van der Waals surface area contributed by atoms with E-state index in [1.54, 1.807) is 24.3 Å². The predicted octanol–water partition coefficient (Wildman–Crippen LogP) is 6.03. The first kappa shape index (κ1) is 17.1. The molecule has 1 heterocycles. The van der Waals surface area contributed by atoms with Crippen LogP contribution in [0.3, 0.4) is 0 Å². The Kier molecular flexibility index (Phi) is 4.26. The highest BCUT2D eigenvalue weighted by Gasteiger charge is 2.53. The summed E-state index contributed by atoms with van der Waals surface area (Å²) >= 11 is 5.79. The van der Waals surface area contributed by atoms with Crippen LogP contribution in [-0.2, 0) is 16.5 Å². The highest BCUT2D eigenvalue weighted by molar-refractivity contribution is 6.30. The molecule has 3 rings (SSSR count). The van der Waals surface area contributed by atoms with Gasteiger partial charge in [0.05, 0.1) is 12.2 Å². The minimum Gasteiger partial charge on any atom is -0.457 e. The number of hydrogen-bond donors (Lipinski definition) is 0. The number of rotatable bonds is 4. The summed E-state index contributed by atoms with van der Waals surface area (Å²) in [5.74, 6) is 0.483. The molecule has 0 amide bonds. The van der Waals surface area contributed by atoms with Crippen molar-refractivity contribution in [3.05, 3.63) is 58.6 Å². The molecule has 1 saturated heterocycles. The Morgan fingerprint density at radius 3 is 2.17 bits per heavy atom. The first-order chi connectivity index (χ1) is 11.2. The fourth-order valence-electron chi connectivity index (χ4n) is 2.71. The molecule has 1 fully saturated rings. The quantitative estimate of drug-likeness (QED) is 0.623. The molecule has 0 radical (unpaired) electrons. The van der Waals surface area contributed by atoms with Gasteiger partial charge in [-0.2, -0.15) is 13.2 Å². The summed E-state index contributed by atoms with van der Waals surface area (Å²) in [6, 6.07) is 10.4. The van der Waals surface area contributed by atoms with E-state index in [2.05, 4.69) is 0 Å². The number of benzene rings is 2. The molecule has 0 saturated carbocycles. The van der Waals surface area contributed by atoms with Gasteiger partial charge in [0.15, 0.2) is 0 Å². The minimum atomic E-state index is -4.48. The maximum absolute atomic E-state index is 13.5. The maximum Gasteiger partial charge on any atom is 0.416 e. The van der Waals surface area contributed by atoms with Gasteiger partial charge in [0.2, 0.25) is 0 Å². The van der Waals surface area contributed by atoms with E-state index < -0.39 is 17.3 Å². The van der Waals surface area contributed by atoms with E-state index in [1.165, 1.54) is 12.1 Å². The van der Waals surface area contributed by atoms with Gasteiger partial charge in [-0.15, -0.1) is 0 Å². The molecule has 1 aliphatic rings. The van der Waals surface area contributed by atoms with Crippen LogP contribution in [0, 0.1) is 5.92 Å². The standard InChI is InChI=1S/C18H16ClF3O2/c1-11(2)17(10-23-17)15-8-7-14(9-16(15)18(20,21)22)24-13-5-3-12(19)4-6-13/h3-9,11H,10H2,1-2H3. The second kappa shape index (κ2) is 5.97. The van der Waals surface area contributed by atoms with Gasteiger partial charge in [0.1, 0.15) is 17.1 Å². The molecule has 0 N–H and O–H groups in total. The molecule has 0 bridgehead atoms. The molecule has 6 heteroatoms. The molecule has 24 heavy (non-hydrogen) atoms. The zero-order valence-corrected chi connectivity index (χ0v) is 13.9. The molecule has 1 aliphatic heterocycles. The summed E-state index contributed by atoms with van der Waals surface area (Å²) in [6.07, 6.45) is -4.48. The average Bonchev–Trinajstić information content (AvgIpc) is 3.30. The van der Waals surface area contributed by atoms with Gasteiger partial charge in [-0.1, -0.05) is 31.5 Å². The van der Waals surface area contributed by atoms with Crippen LogP contribution >= 0.6 is 11.6 Å². The Bertz CT molecular complexity index is 735. The predicted molar refractivity (Wildman–Crippen MR) is 85.4 cm³/mol. The van der Waals surface area contributed by atoms with Gasteiger partial charge in [0.25, 0.3) is 0 Å². The van der Waals surface area contributed by atoms with Crippen molar-refractivity contribution in [3.8, 4) is 11.5 Å². The highest BCUT2D eigenvalue weighted by Crippen LogP contribution is 2.50. The number of epoxide rings is 1. The van der Waals surface area contributed by atoms with E-state index >= 15 is 0 Å². The first-order valence-corrected chi connectivity index (χ1v) is 7.89. The second-order valence-electron chi connectivity index (χ2n) is 6.09. The van der Waals surface area contributed by atoms with Crippen molar-refractivity contribution in [1.82, 2.24) is 0 Å². The second-order valence-corrected chi connectivity index (χ2v) is 6.53. The highest BCUT2D eigenvalue weighted by atomic mass is 35.5. The number of ether oxygens (including phenoxy) is 2. The fourth-order valence-corrected chi connectivity index (χ4v) is 2.83. The summed E-state index contributed by atoms with van der Waals surface area (Å²) in [6.45, 7) is 4.00. The molecule has 2 aromatic rings. The number of hydrogen-bond acceptors (Lipinski definition) is 2. The monoisotopic (exact) mass is 356 g/mol. The third kappa shape index (κ3) is 3.23. The molecular weight excluding hydrogens is 341 g/mol. The SMILES string of the molecule is CC(C)C1(c2ccc(Oc3ccc(Cl)cc3)cc2C(F)(F)F)CO1. The van der Waals surface area contributed by atoms with Crippen molar-refractivity contribution in [3.63, 3.8) is 0 Å². The smallest absolute Gasteiger partial charge is 0.416 e. The molecule has 0 aliphatic carbocycles. The lowest BCUT2D eigenvalue weighted by Gasteiger charge is -2.22. The molecular formula is C18H16ClF3O2. The lowest BCUT2D eigenvalue weighted by molar-refractivity contribution is -0.139. The normalized spacial score (nSPS) is 20.3. The molecule has 128 valence electrons. The zero-order chi connectivity index (χ0) is 17.5. The van der Waals surface area contributed by atoms with E-state index in [9.17, 15) is 13.2 Å². The molecule has 1 unspecified atom stereocenters. The zero-order valence-electron chi connectivity index (χ0n) is 13.2. The number of halogens is 4. The minimum absolute atomic E-state index is 0.0540. The molecule has 0 aromatic heterocycles. The van der Waals surface area contributed by atoms with Crippen molar-refractivity contribution in [2.45, 2.75) is 25.6 Å². The van der Waals surface area contributed by atoms with Crippen molar-refractivity contribution < 1.29 is 22.6 Å². The van der Waals surface area contributed by atoms with Crippen molar-refractivity contribution in [2.75, 3.05) is 6.61 Å². The Morgan fingerprint density at radius 1 is 1.08 bits per heavy atom. The van der Waals surface area contributed by atoms with Crippen LogP contribution in [-0.4, -0.2) is 6.61 Å². The van der Waals surface area contributed by atoms with Crippen LogP contribution in [0.2, 0.25) is 5.02 Å². The van der Waals surface area contributed by atoms with Crippen LogP contribution in [0.5, 0.6) is 11.5 Å². The van der Waals surface area contributed by atoms with E-state index in [0.717, 1.165) is 6.07 Å². The summed E-state index contributed by atoms with van der Waals surface area (Å²) < 4.78 is 51.5. The third-order valence-corrected chi connectivity index (χ3v) is 4.44. The van der Waals surface area contributed by atoms with E-state index in [1.807, 2.05) is 13.8 Å². The lowest BCUT2D eigenvalue weighted by atomic mass is 9.85. The van der Waals surface area contributed by atoms with Gasteiger partial charge >= 0.3 is 6.18 Å². The van der Waals surface area contributed by atoms with Gasteiger partial charge in [-0.25, -0.2) is 0 Å². The van der Waals surface area contributed by atoms with E-state index in [4.69, 9.17) is 21.1 Å². The lowest BCUT2D eigenvalue weighted by Crippen LogP contribution is -2.22. The average molecular weight is 357 g/mol. The summed E-state index contributed by atoms with van der Waals surface area (Å²) in [7, 11) is 0. The Balaban J connectivity index is 1.98. The third-order valence-electron chi connectivity index (χ3n) is 4.19. The molecule has 2 aromatic carbocycles. The Labute approximate surface area is 143 Å². The van der Waals surface area contributed by atoms with Gasteiger partial charge in [-0.3, -0.25) is 0 Å². The van der Waals surface area contributed by atoms with Gasteiger partial charge in [0, 0.05) is 5.02 Å². The first-order valence-electron chi connectivity index (χ1n) is 7.51. The van der Waals surface area contributed by atoms with E-state index in [-0.39, 0.29) is 17.2 Å². The summed E-state index contributed by atoms with van der Waals surface area (Å²) in [5, 5.41) is 0.526. The summed E-state index contributed by atoms with van der Waals surface area (Å²) in [5.41, 5.74) is -1.42. The maximum atomic E-state index is 13.5.